The van der Waals surface area contributed by atoms with Crippen LogP contribution in [0.1, 0.15) is 5.56 Å². The van der Waals surface area contributed by atoms with E-state index in [1.54, 1.807) is 18.2 Å². The van der Waals surface area contributed by atoms with Crippen molar-refractivity contribution in [2.75, 3.05) is 12.1 Å². The summed E-state index contributed by atoms with van der Waals surface area (Å²) in [4.78, 5) is 13.1. The van der Waals surface area contributed by atoms with E-state index in [2.05, 4.69) is 10.0 Å². The lowest BCUT2D eigenvalue weighted by atomic mass is 10.1. The number of nitrogens with one attached hydrogen (secondary N) is 2. The van der Waals surface area contributed by atoms with Gasteiger partial charge in [-0.1, -0.05) is 41.9 Å². The Balaban J connectivity index is 1.57. The van der Waals surface area contributed by atoms with Crippen molar-refractivity contribution in [1.82, 2.24) is 4.72 Å². The van der Waals surface area contributed by atoms with Gasteiger partial charge in [-0.05, 0) is 48.4 Å². The molecule has 7 nitrogen and oxygen atoms in total. The van der Waals surface area contributed by atoms with E-state index in [9.17, 15) is 13.2 Å². The van der Waals surface area contributed by atoms with Gasteiger partial charge in [0.25, 0.3) is 0 Å². The molecule has 0 saturated carbocycles. The molecule has 0 aromatic heterocycles. The summed E-state index contributed by atoms with van der Waals surface area (Å²) in [5.74, 6) is 0.599. The monoisotopic (exact) mass is 458 g/mol. The number of halogens is 1. The van der Waals surface area contributed by atoms with Crippen LogP contribution in [0.5, 0.6) is 11.5 Å². The normalized spacial score (nSPS) is 13.6. The van der Waals surface area contributed by atoms with Crippen LogP contribution in [-0.2, 0) is 21.2 Å². The number of hydrogen-bond acceptors (Lipinski definition) is 5. The quantitative estimate of drug-likeness (QED) is 0.564. The molecule has 0 radical (unpaired) electrons. The van der Waals surface area contributed by atoms with E-state index in [-0.39, 0.29) is 18.1 Å². The highest BCUT2D eigenvalue weighted by atomic mass is 35.5. The van der Waals surface area contributed by atoms with Crippen molar-refractivity contribution in [3.63, 3.8) is 0 Å². The van der Waals surface area contributed by atoms with Gasteiger partial charge in [0, 0.05) is 16.8 Å². The number of anilines is 1. The number of benzene rings is 3. The maximum absolute atomic E-state index is 13.0. The number of carbonyl (C=O) groups excluding carboxylic acids is 1. The van der Waals surface area contributed by atoms with E-state index in [1.807, 2.05) is 30.3 Å². The van der Waals surface area contributed by atoms with Crippen LogP contribution in [0.15, 0.2) is 77.7 Å². The zero-order valence-corrected chi connectivity index (χ0v) is 17.8. The minimum Gasteiger partial charge on any atom is -0.454 e. The standard InChI is InChI=1S/C22H19ClN2O5S/c23-16-6-9-18(10-7-16)31(27,28)25-19(12-15-4-2-1-3-5-15)22(26)24-17-8-11-20-21(13-17)30-14-29-20/h1-11,13,19,25H,12,14H2,(H,24,26)/t19-/m1/s1. The average molecular weight is 459 g/mol. The lowest BCUT2D eigenvalue weighted by Crippen LogP contribution is -2.45. The predicted octanol–water partition coefficient (Wildman–Crippen LogP) is 3.60. The van der Waals surface area contributed by atoms with Crippen LogP contribution >= 0.6 is 11.6 Å². The summed E-state index contributed by atoms with van der Waals surface area (Å²) in [6.45, 7) is 0.115. The Morgan fingerprint density at radius 1 is 0.968 bits per heavy atom. The number of amides is 1. The number of hydrogen-bond donors (Lipinski definition) is 2. The summed E-state index contributed by atoms with van der Waals surface area (Å²) in [7, 11) is -3.96. The first-order valence-corrected chi connectivity index (χ1v) is 11.3. The van der Waals surface area contributed by atoms with Crippen LogP contribution < -0.4 is 19.5 Å². The van der Waals surface area contributed by atoms with Gasteiger partial charge in [0.05, 0.1) is 4.90 Å². The molecule has 3 aromatic carbocycles. The molecule has 0 aliphatic carbocycles. The number of fused-ring (bicyclic) bond motifs is 1. The molecule has 3 aromatic rings. The second kappa shape index (κ2) is 8.97. The Morgan fingerprint density at radius 2 is 1.68 bits per heavy atom. The fraction of sp³-hybridized carbons (Fsp3) is 0.136. The smallest absolute Gasteiger partial charge is 0.242 e. The highest BCUT2D eigenvalue weighted by Gasteiger charge is 2.27. The number of sulfonamides is 1. The third-order valence-corrected chi connectivity index (χ3v) is 6.40. The number of rotatable bonds is 7. The molecule has 0 unspecified atom stereocenters. The van der Waals surface area contributed by atoms with E-state index < -0.39 is 22.0 Å². The first kappa shape index (κ1) is 21.2. The average Bonchev–Trinajstić information content (AvgIpc) is 3.22. The van der Waals surface area contributed by atoms with E-state index >= 15 is 0 Å². The van der Waals surface area contributed by atoms with Crippen molar-refractivity contribution in [2.24, 2.45) is 0 Å². The van der Waals surface area contributed by atoms with Crippen molar-refractivity contribution in [1.29, 1.82) is 0 Å². The van der Waals surface area contributed by atoms with Crippen molar-refractivity contribution < 1.29 is 22.7 Å². The first-order chi connectivity index (χ1) is 14.9. The molecule has 0 fully saturated rings. The molecule has 1 atom stereocenters. The zero-order valence-electron chi connectivity index (χ0n) is 16.2. The Kier molecular flexibility index (Phi) is 6.13. The van der Waals surface area contributed by atoms with Crippen LogP contribution in [0, 0.1) is 0 Å². The molecular weight excluding hydrogens is 440 g/mol. The lowest BCUT2D eigenvalue weighted by Gasteiger charge is -2.19. The Hall–Kier alpha value is -3.07. The molecular formula is C22H19ClN2O5S. The van der Waals surface area contributed by atoms with Gasteiger partial charge in [0.2, 0.25) is 22.7 Å². The number of carbonyl (C=O) groups is 1. The van der Waals surface area contributed by atoms with Crippen LogP contribution in [-0.4, -0.2) is 27.2 Å². The van der Waals surface area contributed by atoms with E-state index in [0.717, 1.165) is 5.56 Å². The van der Waals surface area contributed by atoms with Crippen LogP contribution in [0.25, 0.3) is 0 Å². The van der Waals surface area contributed by atoms with E-state index in [1.165, 1.54) is 24.3 Å². The Bertz CT molecular complexity index is 1180. The summed E-state index contributed by atoms with van der Waals surface area (Å²) in [6, 6.07) is 18.8. The third-order valence-electron chi connectivity index (χ3n) is 4.66. The van der Waals surface area contributed by atoms with Crippen molar-refractivity contribution in [2.45, 2.75) is 17.4 Å². The van der Waals surface area contributed by atoms with Gasteiger partial charge in [-0.15, -0.1) is 0 Å². The summed E-state index contributed by atoms with van der Waals surface area (Å²) >= 11 is 5.86. The second-order valence-electron chi connectivity index (χ2n) is 6.87. The van der Waals surface area contributed by atoms with Gasteiger partial charge in [-0.3, -0.25) is 4.79 Å². The summed E-state index contributed by atoms with van der Waals surface area (Å²) in [5, 5.41) is 3.17. The molecule has 31 heavy (non-hydrogen) atoms. The molecule has 9 heteroatoms. The van der Waals surface area contributed by atoms with Gasteiger partial charge in [-0.2, -0.15) is 4.72 Å². The molecule has 2 N–H and O–H groups in total. The summed E-state index contributed by atoms with van der Waals surface area (Å²) in [5.41, 5.74) is 1.28. The highest BCUT2D eigenvalue weighted by molar-refractivity contribution is 7.89. The first-order valence-electron chi connectivity index (χ1n) is 9.43. The van der Waals surface area contributed by atoms with Gasteiger partial charge in [-0.25, -0.2) is 8.42 Å². The highest BCUT2D eigenvalue weighted by Crippen LogP contribution is 2.34. The molecule has 1 aliphatic heterocycles. The minimum atomic E-state index is -3.96. The topological polar surface area (TPSA) is 93.7 Å². The predicted molar refractivity (Wildman–Crippen MR) is 117 cm³/mol. The molecule has 1 aliphatic rings. The van der Waals surface area contributed by atoms with Gasteiger partial charge < -0.3 is 14.8 Å². The molecule has 0 bridgehead atoms. The van der Waals surface area contributed by atoms with Crippen LogP contribution in [0.2, 0.25) is 5.02 Å². The Morgan fingerprint density at radius 3 is 2.42 bits per heavy atom. The zero-order chi connectivity index (χ0) is 21.8. The van der Waals surface area contributed by atoms with Gasteiger partial charge >= 0.3 is 0 Å². The van der Waals surface area contributed by atoms with E-state index in [4.69, 9.17) is 21.1 Å². The molecule has 4 rings (SSSR count). The Labute approximate surface area is 185 Å². The molecule has 0 saturated heterocycles. The SMILES string of the molecule is O=C(Nc1ccc2c(c1)OCO2)[C@@H](Cc1ccccc1)NS(=O)(=O)c1ccc(Cl)cc1. The van der Waals surface area contributed by atoms with Crippen molar-refractivity contribution >= 4 is 33.2 Å². The third kappa shape index (κ3) is 5.16. The van der Waals surface area contributed by atoms with Crippen molar-refractivity contribution in [3.8, 4) is 11.5 Å². The molecule has 1 heterocycles. The molecule has 1 amide bonds. The fourth-order valence-corrected chi connectivity index (χ4v) is 4.43. The maximum atomic E-state index is 13.0. The maximum Gasteiger partial charge on any atom is 0.242 e. The minimum absolute atomic E-state index is 0.0193. The van der Waals surface area contributed by atoms with Crippen molar-refractivity contribution in [3.05, 3.63) is 83.4 Å². The second-order valence-corrected chi connectivity index (χ2v) is 9.03. The van der Waals surface area contributed by atoms with E-state index in [0.29, 0.717) is 22.2 Å². The fourth-order valence-electron chi connectivity index (χ4n) is 3.11. The van der Waals surface area contributed by atoms with Gasteiger partial charge in [0.1, 0.15) is 6.04 Å². The van der Waals surface area contributed by atoms with Gasteiger partial charge in [0.15, 0.2) is 11.5 Å². The largest absolute Gasteiger partial charge is 0.454 e. The summed E-state index contributed by atoms with van der Waals surface area (Å²) < 4.78 is 38.9. The lowest BCUT2D eigenvalue weighted by molar-refractivity contribution is -0.117. The number of ether oxygens (including phenoxy) is 2. The summed E-state index contributed by atoms with van der Waals surface area (Å²) in [6.07, 6.45) is 0.171. The van der Waals surface area contributed by atoms with Crippen LogP contribution in [0.4, 0.5) is 5.69 Å². The van der Waals surface area contributed by atoms with Crippen LogP contribution in [0.3, 0.4) is 0 Å². The molecule has 160 valence electrons. The molecule has 0 spiro atoms.